The lowest BCUT2D eigenvalue weighted by Crippen LogP contribution is -2.00. The fourth-order valence-corrected chi connectivity index (χ4v) is 2.06. The van der Waals surface area contributed by atoms with Crippen LogP contribution in [0.4, 0.5) is 4.39 Å². The number of hydrogen-bond acceptors (Lipinski definition) is 2. The van der Waals surface area contributed by atoms with Crippen molar-refractivity contribution in [3.05, 3.63) is 69.9 Å². The lowest BCUT2D eigenvalue weighted by molar-refractivity contribution is 0.220. The van der Waals surface area contributed by atoms with Crippen molar-refractivity contribution >= 4 is 11.0 Å². The topological polar surface area (TPSA) is 68.9 Å². The molecule has 1 unspecified atom stereocenters. The first-order chi connectivity index (χ1) is 9.13. The second-order valence-electron chi connectivity index (χ2n) is 4.34. The summed E-state index contributed by atoms with van der Waals surface area (Å²) in [5.74, 6) is -0.346. The highest BCUT2D eigenvalue weighted by Crippen LogP contribution is 2.24. The highest BCUT2D eigenvalue weighted by Gasteiger charge is 2.11. The Balaban J connectivity index is 2.03. The van der Waals surface area contributed by atoms with Gasteiger partial charge in [0.25, 0.3) is 0 Å². The van der Waals surface area contributed by atoms with Gasteiger partial charge in [-0.2, -0.15) is 0 Å². The van der Waals surface area contributed by atoms with Crippen LogP contribution in [0.25, 0.3) is 11.0 Å². The quantitative estimate of drug-likeness (QED) is 0.658. The van der Waals surface area contributed by atoms with E-state index in [9.17, 15) is 14.3 Å². The molecular weight excluding hydrogens is 247 g/mol. The Hall–Kier alpha value is -2.40. The summed E-state index contributed by atoms with van der Waals surface area (Å²) < 4.78 is 12.8. The van der Waals surface area contributed by atoms with Gasteiger partial charge in [-0.15, -0.1) is 0 Å². The smallest absolute Gasteiger partial charge is 0.323 e. The number of benzene rings is 2. The second kappa shape index (κ2) is 4.37. The maximum atomic E-state index is 12.8. The molecule has 0 fully saturated rings. The SMILES string of the molecule is O=c1[nH]c2ccc(C(O)c3ccc(F)cc3)cc2[nH]1. The van der Waals surface area contributed by atoms with E-state index < -0.39 is 6.10 Å². The number of H-pyrrole nitrogens is 2. The first-order valence-electron chi connectivity index (χ1n) is 5.79. The van der Waals surface area contributed by atoms with Gasteiger partial charge in [0.05, 0.1) is 11.0 Å². The third-order valence-electron chi connectivity index (χ3n) is 3.04. The number of fused-ring (bicyclic) bond motifs is 1. The number of aliphatic hydroxyl groups is 1. The van der Waals surface area contributed by atoms with Gasteiger partial charge in [0.15, 0.2) is 0 Å². The van der Waals surface area contributed by atoms with Gasteiger partial charge in [0, 0.05) is 0 Å². The summed E-state index contributed by atoms with van der Waals surface area (Å²) in [6.45, 7) is 0. The third-order valence-corrected chi connectivity index (χ3v) is 3.04. The van der Waals surface area contributed by atoms with Crippen LogP contribution in [0.5, 0.6) is 0 Å². The van der Waals surface area contributed by atoms with Crippen molar-refractivity contribution in [2.45, 2.75) is 6.10 Å². The minimum atomic E-state index is -0.858. The van der Waals surface area contributed by atoms with Crippen molar-refractivity contribution in [3.8, 4) is 0 Å². The predicted octanol–water partition coefficient (Wildman–Crippen LogP) is 2.08. The van der Waals surface area contributed by atoms with E-state index >= 15 is 0 Å². The zero-order valence-electron chi connectivity index (χ0n) is 9.85. The molecule has 0 radical (unpaired) electrons. The molecule has 0 bridgehead atoms. The summed E-state index contributed by atoms with van der Waals surface area (Å²) in [6, 6.07) is 10.8. The summed E-state index contributed by atoms with van der Waals surface area (Å²) in [5, 5.41) is 10.2. The highest BCUT2D eigenvalue weighted by atomic mass is 19.1. The molecular formula is C14H11FN2O2. The van der Waals surface area contributed by atoms with Crippen molar-refractivity contribution < 1.29 is 9.50 Å². The summed E-state index contributed by atoms with van der Waals surface area (Å²) in [7, 11) is 0. The highest BCUT2D eigenvalue weighted by molar-refractivity contribution is 5.75. The molecule has 1 heterocycles. The molecule has 0 spiro atoms. The minimum absolute atomic E-state index is 0.288. The molecule has 1 atom stereocenters. The van der Waals surface area contributed by atoms with Gasteiger partial charge >= 0.3 is 5.69 Å². The van der Waals surface area contributed by atoms with Gasteiger partial charge < -0.3 is 15.1 Å². The Bertz CT molecular complexity index is 774. The predicted molar refractivity (Wildman–Crippen MR) is 69.4 cm³/mol. The average Bonchev–Trinajstić information content (AvgIpc) is 2.77. The van der Waals surface area contributed by atoms with Gasteiger partial charge in [-0.05, 0) is 35.4 Å². The van der Waals surface area contributed by atoms with E-state index in [1.54, 1.807) is 18.2 Å². The van der Waals surface area contributed by atoms with E-state index in [2.05, 4.69) is 9.97 Å². The molecule has 0 aliphatic heterocycles. The van der Waals surface area contributed by atoms with Gasteiger partial charge in [0.1, 0.15) is 11.9 Å². The zero-order chi connectivity index (χ0) is 13.4. The molecule has 3 rings (SSSR count). The van der Waals surface area contributed by atoms with Crippen LogP contribution in [0.15, 0.2) is 47.3 Å². The lowest BCUT2D eigenvalue weighted by atomic mass is 10.0. The van der Waals surface area contributed by atoms with Crippen molar-refractivity contribution in [1.29, 1.82) is 0 Å². The van der Waals surface area contributed by atoms with Crippen LogP contribution < -0.4 is 5.69 Å². The average molecular weight is 258 g/mol. The first-order valence-corrected chi connectivity index (χ1v) is 5.79. The van der Waals surface area contributed by atoms with Crippen molar-refractivity contribution in [1.82, 2.24) is 9.97 Å². The maximum absolute atomic E-state index is 12.8. The molecule has 0 saturated heterocycles. The normalized spacial score (nSPS) is 12.7. The molecule has 2 aromatic carbocycles. The number of aromatic nitrogens is 2. The molecule has 0 saturated carbocycles. The number of aliphatic hydroxyl groups excluding tert-OH is 1. The Labute approximate surface area is 107 Å². The summed E-state index contributed by atoms with van der Waals surface area (Å²) in [6.07, 6.45) is -0.858. The molecule has 0 aliphatic rings. The van der Waals surface area contributed by atoms with Crippen LogP contribution in [0.3, 0.4) is 0 Å². The van der Waals surface area contributed by atoms with E-state index in [1.807, 2.05) is 0 Å². The molecule has 19 heavy (non-hydrogen) atoms. The molecule has 4 nitrogen and oxygen atoms in total. The van der Waals surface area contributed by atoms with E-state index in [1.165, 1.54) is 24.3 Å². The van der Waals surface area contributed by atoms with Gasteiger partial charge in [-0.25, -0.2) is 9.18 Å². The van der Waals surface area contributed by atoms with Crippen LogP contribution in [-0.4, -0.2) is 15.1 Å². The summed E-state index contributed by atoms with van der Waals surface area (Å²) in [5.41, 5.74) is 2.25. The molecule has 3 N–H and O–H groups in total. The van der Waals surface area contributed by atoms with E-state index in [0.717, 1.165) is 0 Å². The fourth-order valence-electron chi connectivity index (χ4n) is 2.06. The Kier molecular flexibility index (Phi) is 2.68. The van der Waals surface area contributed by atoms with E-state index in [-0.39, 0.29) is 11.5 Å². The zero-order valence-corrected chi connectivity index (χ0v) is 9.85. The van der Waals surface area contributed by atoms with Gasteiger partial charge in [-0.3, -0.25) is 0 Å². The third kappa shape index (κ3) is 2.15. The molecule has 1 aromatic heterocycles. The van der Waals surface area contributed by atoms with Crippen LogP contribution in [0, 0.1) is 5.82 Å². The number of imidazole rings is 1. The first kappa shape index (κ1) is 11.7. The van der Waals surface area contributed by atoms with Crippen LogP contribution in [0.1, 0.15) is 17.2 Å². The summed E-state index contributed by atoms with van der Waals surface area (Å²) >= 11 is 0. The Morgan fingerprint density at radius 2 is 1.58 bits per heavy atom. The number of rotatable bonds is 2. The van der Waals surface area contributed by atoms with Crippen LogP contribution in [0.2, 0.25) is 0 Å². The number of nitrogens with one attached hydrogen (secondary N) is 2. The number of aromatic amines is 2. The number of hydrogen-bond donors (Lipinski definition) is 3. The van der Waals surface area contributed by atoms with Gasteiger partial charge in [0.2, 0.25) is 0 Å². The Morgan fingerprint density at radius 1 is 0.947 bits per heavy atom. The maximum Gasteiger partial charge on any atom is 0.323 e. The standard InChI is InChI=1S/C14H11FN2O2/c15-10-4-1-8(2-5-10)13(18)9-3-6-11-12(7-9)17-14(19)16-11/h1-7,13,18H,(H2,16,17,19). The van der Waals surface area contributed by atoms with E-state index in [4.69, 9.17) is 0 Å². The molecule has 0 aliphatic carbocycles. The molecule has 96 valence electrons. The van der Waals surface area contributed by atoms with E-state index in [0.29, 0.717) is 22.2 Å². The van der Waals surface area contributed by atoms with Crippen LogP contribution in [-0.2, 0) is 0 Å². The lowest BCUT2D eigenvalue weighted by Gasteiger charge is -2.11. The summed E-state index contributed by atoms with van der Waals surface area (Å²) in [4.78, 5) is 16.4. The van der Waals surface area contributed by atoms with Gasteiger partial charge in [-0.1, -0.05) is 18.2 Å². The fraction of sp³-hybridized carbons (Fsp3) is 0.0714. The van der Waals surface area contributed by atoms with Crippen molar-refractivity contribution in [2.75, 3.05) is 0 Å². The molecule has 0 amide bonds. The van der Waals surface area contributed by atoms with Crippen molar-refractivity contribution in [3.63, 3.8) is 0 Å². The monoisotopic (exact) mass is 258 g/mol. The second-order valence-corrected chi connectivity index (χ2v) is 4.34. The van der Waals surface area contributed by atoms with Crippen molar-refractivity contribution in [2.24, 2.45) is 0 Å². The minimum Gasteiger partial charge on any atom is -0.384 e. The van der Waals surface area contributed by atoms with Crippen LogP contribution >= 0.6 is 0 Å². The molecule has 5 heteroatoms. The molecule has 3 aromatic rings. The number of halogens is 1. The Morgan fingerprint density at radius 3 is 2.32 bits per heavy atom. The largest absolute Gasteiger partial charge is 0.384 e.